The van der Waals surface area contributed by atoms with Crippen molar-refractivity contribution in [1.82, 2.24) is 9.78 Å². The van der Waals surface area contributed by atoms with Crippen molar-refractivity contribution in [1.29, 1.82) is 0 Å². The SMILES string of the molecule is CC1CC1c1ccn(C2CCCCO2)n1. The summed E-state index contributed by atoms with van der Waals surface area (Å²) in [4.78, 5) is 0. The molecule has 1 aromatic heterocycles. The zero-order valence-corrected chi connectivity index (χ0v) is 9.22. The Bertz CT molecular complexity index is 341. The summed E-state index contributed by atoms with van der Waals surface area (Å²) in [6.45, 7) is 3.18. The van der Waals surface area contributed by atoms with Gasteiger partial charge < -0.3 is 4.74 Å². The van der Waals surface area contributed by atoms with Crippen LogP contribution in [-0.4, -0.2) is 16.4 Å². The first-order valence-corrected chi connectivity index (χ1v) is 6.01. The van der Waals surface area contributed by atoms with Gasteiger partial charge in [0.2, 0.25) is 0 Å². The van der Waals surface area contributed by atoms with Gasteiger partial charge in [-0.15, -0.1) is 0 Å². The van der Waals surface area contributed by atoms with Gasteiger partial charge in [0.15, 0.2) is 0 Å². The molecule has 0 bridgehead atoms. The number of nitrogens with zero attached hydrogens (tertiary/aromatic N) is 2. The Morgan fingerprint density at radius 2 is 2.33 bits per heavy atom. The number of rotatable bonds is 2. The largest absolute Gasteiger partial charge is 0.357 e. The average molecular weight is 206 g/mol. The fourth-order valence-electron chi connectivity index (χ4n) is 2.38. The standard InChI is InChI=1S/C12H18N2O/c1-9-8-10(9)11-5-6-14(13-11)12-4-2-3-7-15-12/h5-6,9-10,12H,2-4,7-8H2,1H3. The average Bonchev–Trinajstić information content (AvgIpc) is 2.83. The smallest absolute Gasteiger partial charge is 0.150 e. The van der Waals surface area contributed by atoms with E-state index in [1.165, 1.54) is 25.0 Å². The van der Waals surface area contributed by atoms with Crippen molar-refractivity contribution in [3.63, 3.8) is 0 Å². The van der Waals surface area contributed by atoms with Crippen molar-refractivity contribution < 1.29 is 4.74 Å². The molecule has 0 spiro atoms. The lowest BCUT2D eigenvalue weighted by atomic mass is 10.2. The number of hydrogen-bond donors (Lipinski definition) is 0. The van der Waals surface area contributed by atoms with Crippen LogP contribution in [0.1, 0.15) is 50.4 Å². The highest BCUT2D eigenvalue weighted by molar-refractivity contribution is 5.15. The van der Waals surface area contributed by atoms with E-state index >= 15 is 0 Å². The van der Waals surface area contributed by atoms with Gasteiger partial charge in [-0.2, -0.15) is 5.10 Å². The van der Waals surface area contributed by atoms with Gasteiger partial charge in [0, 0.05) is 18.7 Å². The molecule has 1 aromatic rings. The van der Waals surface area contributed by atoms with Gasteiger partial charge in [0.25, 0.3) is 0 Å². The maximum Gasteiger partial charge on any atom is 0.150 e. The van der Waals surface area contributed by atoms with Gasteiger partial charge in [-0.3, -0.25) is 0 Å². The highest BCUT2D eigenvalue weighted by Gasteiger charge is 2.36. The molecule has 15 heavy (non-hydrogen) atoms. The third-order valence-corrected chi connectivity index (χ3v) is 3.57. The second-order valence-corrected chi connectivity index (χ2v) is 4.86. The molecule has 3 heteroatoms. The third kappa shape index (κ3) is 1.81. The molecule has 2 fully saturated rings. The lowest BCUT2D eigenvalue weighted by molar-refractivity contribution is -0.0396. The molecule has 82 valence electrons. The molecule has 1 aliphatic heterocycles. The monoisotopic (exact) mass is 206 g/mol. The second-order valence-electron chi connectivity index (χ2n) is 4.86. The van der Waals surface area contributed by atoms with Gasteiger partial charge in [0.05, 0.1) is 5.69 Å². The highest BCUT2D eigenvalue weighted by atomic mass is 16.5. The van der Waals surface area contributed by atoms with Gasteiger partial charge in [-0.05, 0) is 37.7 Å². The molecule has 0 aromatic carbocycles. The Balaban J connectivity index is 1.72. The molecule has 0 N–H and O–H groups in total. The van der Waals surface area contributed by atoms with Crippen LogP contribution in [0.15, 0.2) is 12.3 Å². The van der Waals surface area contributed by atoms with E-state index < -0.39 is 0 Å². The molecule has 0 amide bonds. The highest BCUT2D eigenvalue weighted by Crippen LogP contribution is 2.46. The fraction of sp³-hybridized carbons (Fsp3) is 0.750. The van der Waals surface area contributed by atoms with Crippen LogP contribution >= 0.6 is 0 Å². The minimum absolute atomic E-state index is 0.196. The molecule has 2 heterocycles. The lowest BCUT2D eigenvalue weighted by Gasteiger charge is -2.22. The molecule has 1 aliphatic carbocycles. The van der Waals surface area contributed by atoms with Crippen molar-refractivity contribution in [2.75, 3.05) is 6.61 Å². The van der Waals surface area contributed by atoms with E-state index in [1.807, 2.05) is 4.68 Å². The Morgan fingerprint density at radius 1 is 1.47 bits per heavy atom. The van der Waals surface area contributed by atoms with E-state index in [-0.39, 0.29) is 6.23 Å². The van der Waals surface area contributed by atoms with E-state index in [2.05, 4.69) is 24.3 Å². The van der Waals surface area contributed by atoms with Crippen molar-refractivity contribution in [2.45, 2.75) is 44.8 Å². The quantitative estimate of drug-likeness (QED) is 0.744. The van der Waals surface area contributed by atoms with E-state index in [4.69, 9.17) is 4.74 Å². The van der Waals surface area contributed by atoms with Crippen LogP contribution in [0.25, 0.3) is 0 Å². The van der Waals surface area contributed by atoms with Gasteiger partial charge >= 0.3 is 0 Å². The van der Waals surface area contributed by atoms with Crippen LogP contribution in [0, 0.1) is 5.92 Å². The van der Waals surface area contributed by atoms with Crippen molar-refractivity contribution in [3.05, 3.63) is 18.0 Å². The summed E-state index contributed by atoms with van der Waals surface area (Å²) in [5.74, 6) is 1.55. The predicted molar refractivity (Wildman–Crippen MR) is 57.6 cm³/mol. The summed E-state index contributed by atoms with van der Waals surface area (Å²) in [6, 6.07) is 2.16. The normalized spacial score (nSPS) is 35.4. The zero-order valence-electron chi connectivity index (χ0n) is 9.22. The summed E-state index contributed by atoms with van der Waals surface area (Å²) in [6.07, 6.45) is 7.16. The molecule has 2 aliphatic rings. The number of ether oxygens (including phenoxy) is 1. The zero-order chi connectivity index (χ0) is 10.3. The third-order valence-electron chi connectivity index (χ3n) is 3.57. The molecule has 1 saturated heterocycles. The summed E-state index contributed by atoms with van der Waals surface area (Å²) in [5.41, 5.74) is 1.26. The molecule has 0 radical (unpaired) electrons. The Labute approximate surface area is 90.4 Å². The van der Waals surface area contributed by atoms with Crippen LogP contribution in [0.3, 0.4) is 0 Å². The second kappa shape index (κ2) is 3.63. The maximum absolute atomic E-state index is 5.70. The Morgan fingerprint density at radius 3 is 3.00 bits per heavy atom. The molecular weight excluding hydrogens is 188 g/mol. The van der Waals surface area contributed by atoms with E-state index in [0.717, 1.165) is 24.9 Å². The van der Waals surface area contributed by atoms with E-state index in [9.17, 15) is 0 Å². The Hall–Kier alpha value is -0.830. The summed E-state index contributed by atoms with van der Waals surface area (Å²) in [5, 5.41) is 4.64. The van der Waals surface area contributed by atoms with Crippen molar-refractivity contribution >= 4 is 0 Å². The minimum atomic E-state index is 0.196. The minimum Gasteiger partial charge on any atom is -0.357 e. The predicted octanol–water partition coefficient (Wildman–Crippen LogP) is 2.71. The Kier molecular flexibility index (Phi) is 2.28. The first-order valence-electron chi connectivity index (χ1n) is 6.01. The van der Waals surface area contributed by atoms with E-state index in [1.54, 1.807) is 0 Å². The van der Waals surface area contributed by atoms with Gasteiger partial charge in [-0.1, -0.05) is 6.92 Å². The van der Waals surface area contributed by atoms with Crippen LogP contribution in [0.2, 0.25) is 0 Å². The summed E-state index contributed by atoms with van der Waals surface area (Å²) < 4.78 is 7.72. The summed E-state index contributed by atoms with van der Waals surface area (Å²) >= 11 is 0. The van der Waals surface area contributed by atoms with Gasteiger partial charge in [-0.25, -0.2) is 4.68 Å². The van der Waals surface area contributed by atoms with Gasteiger partial charge in [0.1, 0.15) is 6.23 Å². The molecular formula is C12H18N2O. The number of aromatic nitrogens is 2. The fourth-order valence-corrected chi connectivity index (χ4v) is 2.38. The molecule has 3 atom stereocenters. The molecule has 3 nitrogen and oxygen atoms in total. The van der Waals surface area contributed by atoms with E-state index in [0.29, 0.717) is 0 Å². The first-order chi connectivity index (χ1) is 7.34. The summed E-state index contributed by atoms with van der Waals surface area (Å²) in [7, 11) is 0. The van der Waals surface area contributed by atoms with Crippen LogP contribution in [0.4, 0.5) is 0 Å². The molecule has 3 unspecified atom stereocenters. The van der Waals surface area contributed by atoms with Crippen LogP contribution in [0.5, 0.6) is 0 Å². The maximum atomic E-state index is 5.70. The van der Waals surface area contributed by atoms with Crippen LogP contribution < -0.4 is 0 Å². The molecule has 3 rings (SSSR count). The van der Waals surface area contributed by atoms with Crippen LogP contribution in [-0.2, 0) is 4.74 Å². The topological polar surface area (TPSA) is 27.1 Å². The first kappa shape index (κ1) is 9.40. The molecule has 1 saturated carbocycles. The lowest BCUT2D eigenvalue weighted by Crippen LogP contribution is -2.18. The number of hydrogen-bond acceptors (Lipinski definition) is 2. The van der Waals surface area contributed by atoms with Crippen molar-refractivity contribution in [2.24, 2.45) is 5.92 Å². The van der Waals surface area contributed by atoms with Crippen molar-refractivity contribution in [3.8, 4) is 0 Å².